The first kappa shape index (κ1) is 9.10. The molecule has 3 heteroatoms. The van der Waals surface area contributed by atoms with E-state index >= 15 is 0 Å². The Kier molecular flexibility index (Phi) is 3.64. The largest absolute Gasteiger partial charge is 0.359 e. The van der Waals surface area contributed by atoms with Crippen molar-refractivity contribution < 1.29 is 0 Å². The lowest BCUT2D eigenvalue weighted by Crippen LogP contribution is -1.90. The van der Waals surface area contributed by atoms with Crippen molar-refractivity contribution in [1.29, 1.82) is 0 Å². The molecule has 68 valence electrons. The fraction of sp³-hybridized carbons (Fsp3) is 0.667. The molecule has 3 nitrogen and oxygen atoms in total. The van der Waals surface area contributed by atoms with Crippen LogP contribution in [0.2, 0.25) is 0 Å². The molecule has 0 saturated heterocycles. The van der Waals surface area contributed by atoms with E-state index < -0.39 is 0 Å². The summed E-state index contributed by atoms with van der Waals surface area (Å²) in [6.07, 6.45) is 6.84. The highest BCUT2D eigenvalue weighted by Gasteiger charge is 1.96. The number of nitrogens with one attached hydrogen (secondary N) is 2. The van der Waals surface area contributed by atoms with E-state index in [0.717, 1.165) is 12.4 Å². The van der Waals surface area contributed by atoms with Gasteiger partial charge in [0.25, 0.3) is 0 Å². The predicted octanol–water partition coefficient (Wildman–Crippen LogP) is 2.18. The zero-order chi connectivity index (χ0) is 8.81. The molecule has 2 N–H and O–H groups in total. The van der Waals surface area contributed by atoms with E-state index in [1.165, 1.54) is 25.0 Å². The van der Waals surface area contributed by atoms with Crippen LogP contribution >= 0.6 is 0 Å². The van der Waals surface area contributed by atoms with Crippen LogP contribution in [0.4, 0.5) is 5.95 Å². The maximum atomic E-state index is 4.15. The number of aryl methyl sites for hydroxylation is 1. The normalized spacial score (nSPS) is 10.2. The van der Waals surface area contributed by atoms with Crippen molar-refractivity contribution in [2.75, 3.05) is 12.4 Å². The van der Waals surface area contributed by atoms with Gasteiger partial charge in [-0.05, 0) is 12.8 Å². The molecule has 1 heterocycles. The van der Waals surface area contributed by atoms with Crippen molar-refractivity contribution in [2.45, 2.75) is 32.6 Å². The number of hydrogen-bond acceptors (Lipinski definition) is 2. The molecule has 0 aliphatic carbocycles. The van der Waals surface area contributed by atoms with Crippen LogP contribution in [0.5, 0.6) is 0 Å². The topological polar surface area (TPSA) is 40.7 Å². The Morgan fingerprint density at radius 1 is 1.50 bits per heavy atom. The summed E-state index contributed by atoms with van der Waals surface area (Å²) in [6.45, 7) is 2.21. The van der Waals surface area contributed by atoms with Gasteiger partial charge in [0.15, 0.2) is 5.95 Å². The number of hydrogen-bond donors (Lipinski definition) is 2. The van der Waals surface area contributed by atoms with Gasteiger partial charge in [0.05, 0.1) is 6.20 Å². The molecule has 1 aromatic heterocycles. The second kappa shape index (κ2) is 4.80. The van der Waals surface area contributed by atoms with Crippen LogP contribution in [-0.4, -0.2) is 17.0 Å². The molecule has 0 unspecified atom stereocenters. The molecule has 0 fully saturated rings. The monoisotopic (exact) mass is 167 g/mol. The Balaban J connectivity index is 2.31. The first-order valence-electron chi connectivity index (χ1n) is 4.58. The number of H-pyrrole nitrogens is 1. The van der Waals surface area contributed by atoms with Crippen LogP contribution in [0.25, 0.3) is 0 Å². The van der Waals surface area contributed by atoms with Crippen molar-refractivity contribution in [1.82, 2.24) is 9.97 Å². The summed E-state index contributed by atoms with van der Waals surface area (Å²) in [5.74, 6) is 0.862. The summed E-state index contributed by atoms with van der Waals surface area (Å²) in [6, 6.07) is 0. The Morgan fingerprint density at radius 3 is 2.92 bits per heavy atom. The molecule has 0 radical (unpaired) electrons. The van der Waals surface area contributed by atoms with Crippen LogP contribution in [0.15, 0.2) is 6.20 Å². The van der Waals surface area contributed by atoms with Crippen LogP contribution < -0.4 is 5.32 Å². The van der Waals surface area contributed by atoms with Gasteiger partial charge in [0.1, 0.15) is 0 Å². The molecular weight excluding hydrogens is 150 g/mol. The standard InChI is InChI=1S/C9H17N3/c1-3-4-5-6-8-7-11-9(10-2)12-8/h7H,3-6H2,1-2H3,(H2,10,11,12). The Morgan fingerprint density at radius 2 is 2.33 bits per heavy atom. The fourth-order valence-corrected chi connectivity index (χ4v) is 1.18. The molecule has 0 bridgehead atoms. The lowest BCUT2D eigenvalue weighted by molar-refractivity contribution is 0.709. The number of imidazole rings is 1. The SMILES string of the molecule is CCCCCc1cnc(NC)[nH]1. The van der Waals surface area contributed by atoms with Gasteiger partial charge in [0, 0.05) is 12.7 Å². The maximum Gasteiger partial charge on any atom is 0.200 e. The van der Waals surface area contributed by atoms with Crippen molar-refractivity contribution in [3.05, 3.63) is 11.9 Å². The summed E-state index contributed by atoms with van der Waals surface area (Å²) in [5.41, 5.74) is 1.23. The van der Waals surface area contributed by atoms with Crippen LogP contribution in [0.3, 0.4) is 0 Å². The lowest BCUT2D eigenvalue weighted by atomic mass is 10.2. The third-order valence-corrected chi connectivity index (χ3v) is 1.91. The van der Waals surface area contributed by atoms with E-state index in [9.17, 15) is 0 Å². The van der Waals surface area contributed by atoms with Crippen molar-refractivity contribution in [2.24, 2.45) is 0 Å². The zero-order valence-electron chi connectivity index (χ0n) is 7.85. The quantitative estimate of drug-likeness (QED) is 0.660. The van der Waals surface area contributed by atoms with Gasteiger partial charge in [-0.25, -0.2) is 4.98 Å². The van der Waals surface area contributed by atoms with Gasteiger partial charge in [-0.15, -0.1) is 0 Å². The van der Waals surface area contributed by atoms with Crippen molar-refractivity contribution >= 4 is 5.95 Å². The van der Waals surface area contributed by atoms with Crippen molar-refractivity contribution in [3.8, 4) is 0 Å². The number of aromatic nitrogens is 2. The third-order valence-electron chi connectivity index (χ3n) is 1.91. The van der Waals surface area contributed by atoms with E-state index in [-0.39, 0.29) is 0 Å². The Hall–Kier alpha value is -0.990. The first-order valence-corrected chi connectivity index (χ1v) is 4.58. The van der Waals surface area contributed by atoms with E-state index in [4.69, 9.17) is 0 Å². The minimum Gasteiger partial charge on any atom is -0.359 e. The average Bonchev–Trinajstić information content (AvgIpc) is 2.53. The molecule has 1 rings (SSSR count). The molecule has 0 atom stereocenters. The maximum absolute atomic E-state index is 4.15. The summed E-state index contributed by atoms with van der Waals surface area (Å²) in [4.78, 5) is 7.35. The lowest BCUT2D eigenvalue weighted by Gasteiger charge is -1.95. The second-order valence-electron chi connectivity index (χ2n) is 2.96. The molecule has 0 spiro atoms. The third kappa shape index (κ3) is 2.57. The summed E-state index contributed by atoms with van der Waals surface area (Å²) in [5, 5.41) is 2.97. The molecular formula is C9H17N3. The van der Waals surface area contributed by atoms with Crippen LogP contribution in [0.1, 0.15) is 31.9 Å². The molecule has 0 aliphatic heterocycles. The second-order valence-corrected chi connectivity index (χ2v) is 2.96. The van der Waals surface area contributed by atoms with Gasteiger partial charge in [-0.3, -0.25) is 0 Å². The number of unbranched alkanes of at least 4 members (excludes halogenated alkanes) is 2. The highest BCUT2D eigenvalue weighted by Crippen LogP contribution is 2.06. The molecule has 0 aliphatic rings. The summed E-state index contributed by atoms with van der Waals surface area (Å²) < 4.78 is 0. The van der Waals surface area contributed by atoms with Gasteiger partial charge in [0.2, 0.25) is 0 Å². The first-order chi connectivity index (χ1) is 5.86. The van der Waals surface area contributed by atoms with Crippen LogP contribution in [0, 0.1) is 0 Å². The van der Waals surface area contributed by atoms with Gasteiger partial charge < -0.3 is 10.3 Å². The van der Waals surface area contributed by atoms with E-state index in [2.05, 4.69) is 22.2 Å². The molecule has 1 aromatic rings. The Bertz CT molecular complexity index is 217. The molecule has 12 heavy (non-hydrogen) atoms. The fourth-order valence-electron chi connectivity index (χ4n) is 1.18. The van der Waals surface area contributed by atoms with Crippen LogP contribution in [-0.2, 0) is 6.42 Å². The van der Waals surface area contributed by atoms with Gasteiger partial charge in [-0.1, -0.05) is 19.8 Å². The predicted molar refractivity (Wildman–Crippen MR) is 51.4 cm³/mol. The Labute approximate surface area is 73.6 Å². The smallest absolute Gasteiger partial charge is 0.200 e. The van der Waals surface area contributed by atoms with Gasteiger partial charge in [-0.2, -0.15) is 0 Å². The number of rotatable bonds is 5. The zero-order valence-corrected chi connectivity index (χ0v) is 7.85. The van der Waals surface area contributed by atoms with E-state index in [0.29, 0.717) is 0 Å². The summed E-state index contributed by atoms with van der Waals surface area (Å²) >= 11 is 0. The highest BCUT2D eigenvalue weighted by atomic mass is 15.1. The molecule has 0 amide bonds. The average molecular weight is 167 g/mol. The number of aromatic amines is 1. The minimum atomic E-state index is 0.862. The van der Waals surface area contributed by atoms with E-state index in [1.54, 1.807) is 0 Å². The molecule has 0 aromatic carbocycles. The number of nitrogens with zero attached hydrogens (tertiary/aromatic N) is 1. The van der Waals surface area contributed by atoms with Crippen molar-refractivity contribution in [3.63, 3.8) is 0 Å². The van der Waals surface area contributed by atoms with Gasteiger partial charge >= 0.3 is 0 Å². The highest BCUT2D eigenvalue weighted by molar-refractivity contribution is 5.24. The molecule has 0 saturated carbocycles. The van der Waals surface area contributed by atoms with E-state index in [1.807, 2.05) is 13.2 Å². The minimum absolute atomic E-state index is 0.862. The number of anilines is 1. The summed E-state index contributed by atoms with van der Waals surface area (Å²) in [7, 11) is 1.87.